The van der Waals surface area contributed by atoms with Gasteiger partial charge in [-0.3, -0.25) is 4.79 Å². The average Bonchev–Trinajstić information content (AvgIpc) is 3.34. The van der Waals surface area contributed by atoms with Gasteiger partial charge in [-0.15, -0.1) is 0 Å². The van der Waals surface area contributed by atoms with Crippen LogP contribution in [-0.2, 0) is 21.4 Å². The van der Waals surface area contributed by atoms with Crippen LogP contribution in [-0.4, -0.2) is 46.5 Å². The third-order valence-corrected chi connectivity index (χ3v) is 7.97. The highest BCUT2D eigenvalue weighted by Gasteiger charge is 2.33. The number of sulfonamides is 1. The Balaban J connectivity index is 1.34. The number of nitrogens with one attached hydrogen (secondary N) is 1. The monoisotopic (exact) mass is 493 g/mol. The Morgan fingerprint density at radius 1 is 1.12 bits per heavy atom. The first-order chi connectivity index (χ1) is 15.3. The van der Waals surface area contributed by atoms with E-state index < -0.39 is 10.0 Å². The van der Waals surface area contributed by atoms with E-state index >= 15 is 0 Å². The number of carbonyl (C=O) groups is 1. The Hall–Kier alpha value is -2.46. The lowest BCUT2D eigenvalue weighted by atomic mass is 9.97. The standard InChI is InChI=1S/C21H21Cl2N5O3S/c22-17-2-3-18(23)19(13-17)32(30,31)27-10-5-16(6-11-27)21(29)25-14-15-4-8-24-20(12-15)28-9-1-7-26-28/h1-4,7-9,12-13,16H,5-6,10-11,14H2,(H,25,29). The van der Waals surface area contributed by atoms with Crippen molar-refractivity contribution in [1.29, 1.82) is 0 Å². The van der Waals surface area contributed by atoms with E-state index in [2.05, 4.69) is 15.4 Å². The molecule has 0 aliphatic carbocycles. The molecule has 1 fully saturated rings. The molecule has 32 heavy (non-hydrogen) atoms. The van der Waals surface area contributed by atoms with E-state index in [0.29, 0.717) is 30.2 Å². The summed E-state index contributed by atoms with van der Waals surface area (Å²) >= 11 is 12.0. The van der Waals surface area contributed by atoms with E-state index in [1.54, 1.807) is 29.3 Å². The van der Waals surface area contributed by atoms with Gasteiger partial charge in [-0.2, -0.15) is 9.40 Å². The molecule has 3 heterocycles. The van der Waals surface area contributed by atoms with Crippen LogP contribution in [0.15, 0.2) is 59.9 Å². The van der Waals surface area contributed by atoms with Crippen LogP contribution < -0.4 is 5.32 Å². The zero-order chi connectivity index (χ0) is 22.7. The fourth-order valence-corrected chi connectivity index (χ4v) is 5.81. The molecule has 168 valence electrons. The summed E-state index contributed by atoms with van der Waals surface area (Å²) in [6.45, 7) is 0.830. The van der Waals surface area contributed by atoms with E-state index in [1.165, 1.54) is 16.4 Å². The van der Waals surface area contributed by atoms with Crippen molar-refractivity contribution in [2.75, 3.05) is 13.1 Å². The van der Waals surface area contributed by atoms with Gasteiger partial charge in [-0.25, -0.2) is 18.1 Å². The zero-order valence-electron chi connectivity index (χ0n) is 17.0. The van der Waals surface area contributed by atoms with Crippen molar-refractivity contribution in [2.45, 2.75) is 24.3 Å². The van der Waals surface area contributed by atoms with Gasteiger partial charge in [0.15, 0.2) is 5.82 Å². The molecule has 1 aliphatic rings. The van der Waals surface area contributed by atoms with Gasteiger partial charge in [-0.1, -0.05) is 23.2 Å². The molecular weight excluding hydrogens is 473 g/mol. The van der Waals surface area contributed by atoms with Crippen LogP contribution in [0.25, 0.3) is 5.82 Å². The number of amides is 1. The van der Waals surface area contributed by atoms with Crippen molar-refractivity contribution < 1.29 is 13.2 Å². The van der Waals surface area contributed by atoms with Crippen LogP contribution in [0.1, 0.15) is 18.4 Å². The van der Waals surface area contributed by atoms with Gasteiger partial charge in [0, 0.05) is 49.2 Å². The molecule has 0 unspecified atom stereocenters. The molecule has 0 atom stereocenters. The highest BCUT2D eigenvalue weighted by Crippen LogP contribution is 2.30. The smallest absolute Gasteiger partial charge is 0.244 e. The van der Waals surface area contributed by atoms with E-state index in [0.717, 1.165) is 5.56 Å². The molecule has 2 aromatic heterocycles. The van der Waals surface area contributed by atoms with E-state index in [1.807, 2.05) is 18.2 Å². The highest BCUT2D eigenvalue weighted by atomic mass is 35.5. The van der Waals surface area contributed by atoms with Crippen LogP contribution in [0.3, 0.4) is 0 Å². The number of benzene rings is 1. The SMILES string of the molecule is O=C(NCc1ccnc(-n2cccn2)c1)C1CCN(S(=O)(=O)c2cc(Cl)ccc2Cl)CC1. The summed E-state index contributed by atoms with van der Waals surface area (Å²) in [5.41, 5.74) is 0.898. The number of rotatable bonds is 6. The van der Waals surface area contributed by atoms with Crippen LogP contribution in [0.4, 0.5) is 0 Å². The molecule has 4 rings (SSSR count). The maximum Gasteiger partial charge on any atom is 0.244 e. The quantitative estimate of drug-likeness (QED) is 0.567. The second-order valence-corrected chi connectivity index (χ2v) is 10.2. The molecule has 1 N–H and O–H groups in total. The molecule has 0 bridgehead atoms. The minimum Gasteiger partial charge on any atom is -0.352 e. The first-order valence-corrected chi connectivity index (χ1v) is 12.2. The molecular formula is C21H21Cl2N5O3S. The molecule has 0 spiro atoms. The van der Waals surface area contributed by atoms with E-state index in [-0.39, 0.29) is 34.8 Å². The zero-order valence-corrected chi connectivity index (χ0v) is 19.3. The van der Waals surface area contributed by atoms with Crippen LogP contribution in [0, 0.1) is 5.92 Å². The molecule has 11 heteroatoms. The van der Waals surface area contributed by atoms with Gasteiger partial charge in [-0.05, 0) is 54.8 Å². The maximum absolute atomic E-state index is 12.9. The summed E-state index contributed by atoms with van der Waals surface area (Å²) in [5, 5.41) is 7.52. The average molecular weight is 494 g/mol. The van der Waals surface area contributed by atoms with Crippen molar-refractivity contribution in [3.8, 4) is 5.82 Å². The van der Waals surface area contributed by atoms with E-state index in [9.17, 15) is 13.2 Å². The predicted molar refractivity (Wildman–Crippen MR) is 121 cm³/mol. The van der Waals surface area contributed by atoms with Crippen molar-refractivity contribution in [3.63, 3.8) is 0 Å². The lowest BCUT2D eigenvalue weighted by Gasteiger charge is -2.30. The van der Waals surface area contributed by atoms with Crippen LogP contribution >= 0.6 is 23.2 Å². The first-order valence-electron chi connectivity index (χ1n) is 10.0. The second kappa shape index (κ2) is 9.58. The molecule has 0 radical (unpaired) electrons. The summed E-state index contributed by atoms with van der Waals surface area (Å²) < 4.78 is 28.9. The van der Waals surface area contributed by atoms with E-state index in [4.69, 9.17) is 23.2 Å². The molecule has 1 aromatic carbocycles. The summed E-state index contributed by atoms with van der Waals surface area (Å²) in [7, 11) is -3.78. The first kappa shape index (κ1) is 22.7. The van der Waals surface area contributed by atoms with Crippen molar-refractivity contribution in [3.05, 3.63) is 70.6 Å². The number of hydrogen-bond donors (Lipinski definition) is 1. The number of carbonyl (C=O) groups excluding carboxylic acids is 1. The molecule has 3 aromatic rings. The van der Waals surface area contributed by atoms with Gasteiger partial charge in [0.05, 0.1) is 5.02 Å². The third-order valence-electron chi connectivity index (χ3n) is 5.35. The summed E-state index contributed by atoms with van der Waals surface area (Å²) in [5.74, 6) is 0.309. The number of piperidine rings is 1. The normalized spacial score (nSPS) is 15.6. The molecule has 8 nitrogen and oxygen atoms in total. The Bertz CT molecular complexity index is 1210. The predicted octanol–water partition coefficient (Wildman–Crippen LogP) is 3.29. The fraction of sp³-hybridized carbons (Fsp3) is 0.286. The van der Waals surface area contributed by atoms with Crippen molar-refractivity contribution in [2.24, 2.45) is 5.92 Å². The number of pyridine rings is 1. The Labute approximate surface area is 196 Å². The van der Waals surface area contributed by atoms with Crippen LogP contribution in [0.2, 0.25) is 10.0 Å². The molecule has 1 amide bonds. The minimum absolute atomic E-state index is 0.0137. The lowest BCUT2D eigenvalue weighted by Crippen LogP contribution is -2.42. The fourth-order valence-electron chi connectivity index (χ4n) is 3.61. The van der Waals surface area contributed by atoms with Crippen molar-refractivity contribution >= 4 is 39.1 Å². The lowest BCUT2D eigenvalue weighted by molar-refractivity contribution is -0.126. The van der Waals surface area contributed by atoms with Gasteiger partial charge in [0.1, 0.15) is 4.90 Å². The number of halogens is 2. The Morgan fingerprint density at radius 2 is 1.91 bits per heavy atom. The summed E-state index contributed by atoms with van der Waals surface area (Å²) in [6, 6.07) is 9.86. The summed E-state index contributed by atoms with van der Waals surface area (Å²) in [6.07, 6.45) is 5.99. The molecule has 1 saturated heterocycles. The molecule has 1 aliphatic heterocycles. The van der Waals surface area contributed by atoms with Gasteiger partial charge in [0.25, 0.3) is 0 Å². The van der Waals surface area contributed by atoms with Crippen molar-refractivity contribution in [1.82, 2.24) is 24.4 Å². The van der Waals surface area contributed by atoms with Crippen LogP contribution in [0.5, 0.6) is 0 Å². The van der Waals surface area contributed by atoms with Gasteiger partial charge >= 0.3 is 0 Å². The summed E-state index contributed by atoms with van der Waals surface area (Å²) in [4.78, 5) is 16.9. The van der Waals surface area contributed by atoms with Gasteiger partial charge in [0.2, 0.25) is 15.9 Å². The number of nitrogens with zero attached hydrogens (tertiary/aromatic N) is 4. The number of hydrogen-bond acceptors (Lipinski definition) is 5. The molecule has 0 saturated carbocycles. The second-order valence-electron chi connectivity index (χ2n) is 7.44. The largest absolute Gasteiger partial charge is 0.352 e. The topological polar surface area (TPSA) is 97.2 Å². The Morgan fingerprint density at radius 3 is 2.62 bits per heavy atom. The minimum atomic E-state index is -3.78. The maximum atomic E-state index is 12.9. The van der Waals surface area contributed by atoms with Gasteiger partial charge < -0.3 is 5.32 Å². The third kappa shape index (κ3) is 4.96. The highest BCUT2D eigenvalue weighted by molar-refractivity contribution is 7.89. The number of aromatic nitrogens is 3. The Kier molecular flexibility index (Phi) is 6.80.